The van der Waals surface area contributed by atoms with Crippen molar-refractivity contribution in [1.29, 1.82) is 0 Å². The predicted octanol–water partition coefficient (Wildman–Crippen LogP) is 2.24. The third-order valence-corrected chi connectivity index (χ3v) is 4.87. The summed E-state index contributed by atoms with van der Waals surface area (Å²) in [5, 5.41) is 10.7. The van der Waals surface area contributed by atoms with Crippen LogP contribution in [0.2, 0.25) is 5.15 Å². The molecule has 1 aliphatic heterocycles. The molecular weight excluding hydrogens is 431 g/mol. The van der Waals surface area contributed by atoms with E-state index in [0.717, 1.165) is 6.20 Å². The molecule has 0 saturated carbocycles. The zero-order valence-electron chi connectivity index (χ0n) is 16.4. The number of anilines is 1. The quantitative estimate of drug-likeness (QED) is 0.468. The van der Waals surface area contributed by atoms with Crippen LogP contribution in [-0.4, -0.2) is 43.4 Å². The predicted molar refractivity (Wildman–Crippen MR) is 106 cm³/mol. The Morgan fingerprint density at radius 2 is 2.26 bits per heavy atom. The van der Waals surface area contributed by atoms with Crippen LogP contribution >= 0.6 is 11.6 Å². The van der Waals surface area contributed by atoms with Gasteiger partial charge in [-0.2, -0.15) is 0 Å². The number of esters is 1. The number of amides is 1. The van der Waals surface area contributed by atoms with E-state index in [2.05, 4.69) is 25.6 Å². The van der Waals surface area contributed by atoms with Crippen LogP contribution < -0.4 is 10.1 Å². The maximum absolute atomic E-state index is 13.5. The van der Waals surface area contributed by atoms with E-state index >= 15 is 0 Å². The molecule has 0 aromatic carbocycles. The second kappa shape index (κ2) is 8.26. The molecule has 3 aromatic rings. The number of pyridine rings is 2. The summed E-state index contributed by atoms with van der Waals surface area (Å²) in [6.07, 6.45) is 0.000838. The Hall–Kier alpha value is -3.60. The van der Waals surface area contributed by atoms with Crippen molar-refractivity contribution in [2.24, 2.45) is 7.05 Å². The summed E-state index contributed by atoms with van der Waals surface area (Å²) in [6.45, 7) is 1.43. The number of hydrogen-bond acceptors (Lipinski definition) is 8. The molecule has 1 N–H and O–H groups in total. The highest BCUT2D eigenvalue weighted by molar-refractivity contribution is 6.30. The molecule has 1 amide bonds. The van der Waals surface area contributed by atoms with Crippen LogP contribution in [0.4, 0.5) is 10.1 Å². The maximum Gasteiger partial charge on any atom is 0.312 e. The molecule has 160 valence electrons. The fraction of sp³-hybridized carbons (Fsp3) is 0.263. The highest BCUT2D eigenvalue weighted by Crippen LogP contribution is 2.30. The lowest BCUT2D eigenvalue weighted by Gasteiger charge is -2.17. The van der Waals surface area contributed by atoms with Crippen LogP contribution in [0.25, 0.3) is 11.4 Å². The van der Waals surface area contributed by atoms with Gasteiger partial charge in [0, 0.05) is 12.6 Å². The van der Waals surface area contributed by atoms with E-state index in [1.165, 1.54) is 10.7 Å². The zero-order valence-corrected chi connectivity index (χ0v) is 17.2. The molecule has 0 saturated heterocycles. The van der Waals surface area contributed by atoms with Crippen LogP contribution in [0.15, 0.2) is 24.4 Å². The molecule has 12 heteroatoms. The summed E-state index contributed by atoms with van der Waals surface area (Å²) in [6, 6.07) is 4.43. The number of aryl methyl sites for hydroxylation is 1. The van der Waals surface area contributed by atoms with Gasteiger partial charge in [0.2, 0.25) is 5.88 Å². The normalized spacial score (nSPS) is 13.7. The van der Waals surface area contributed by atoms with E-state index in [1.54, 1.807) is 26.1 Å². The van der Waals surface area contributed by atoms with E-state index in [4.69, 9.17) is 21.1 Å². The maximum atomic E-state index is 13.5. The lowest BCUT2D eigenvalue weighted by Crippen LogP contribution is -2.26. The number of nitrogens with zero attached hydrogens (tertiary/aromatic N) is 5. The summed E-state index contributed by atoms with van der Waals surface area (Å²) >= 11 is 5.98. The van der Waals surface area contributed by atoms with Gasteiger partial charge >= 0.3 is 5.97 Å². The number of rotatable bonds is 5. The van der Waals surface area contributed by atoms with Crippen molar-refractivity contribution in [3.05, 3.63) is 46.6 Å². The fourth-order valence-electron chi connectivity index (χ4n) is 3.03. The highest BCUT2D eigenvalue weighted by atomic mass is 35.5. The second-order valence-electron chi connectivity index (χ2n) is 6.74. The van der Waals surface area contributed by atoms with Gasteiger partial charge in [0.1, 0.15) is 28.5 Å². The van der Waals surface area contributed by atoms with Gasteiger partial charge in [0.05, 0.1) is 24.0 Å². The Morgan fingerprint density at radius 3 is 3.06 bits per heavy atom. The third kappa shape index (κ3) is 4.31. The number of nitrogens with one attached hydrogen (secondary N) is 1. The Balaban J connectivity index is 1.54. The minimum Gasteiger partial charge on any atom is -0.466 e. The monoisotopic (exact) mass is 446 g/mol. The van der Waals surface area contributed by atoms with Crippen molar-refractivity contribution in [3.63, 3.8) is 0 Å². The van der Waals surface area contributed by atoms with Crippen LogP contribution in [-0.2, 0) is 27.8 Å². The smallest absolute Gasteiger partial charge is 0.312 e. The summed E-state index contributed by atoms with van der Waals surface area (Å²) in [5.74, 6) is -1.20. The molecule has 0 fully saturated rings. The molecule has 0 unspecified atom stereocenters. The van der Waals surface area contributed by atoms with Crippen molar-refractivity contribution >= 4 is 29.2 Å². The molecular formula is C19H16ClFN6O4. The molecule has 3 aromatic heterocycles. The number of hydrogen-bond donors (Lipinski definition) is 1. The summed E-state index contributed by atoms with van der Waals surface area (Å²) in [4.78, 5) is 32.0. The first kappa shape index (κ1) is 20.7. The second-order valence-corrected chi connectivity index (χ2v) is 7.09. The molecule has 0 radical (unpaired) electrons. The Bertz CT molecular complexity index is 1180. The van der Waals surface area contributed by atoms with E-state index < -0.39 is 17.9 Å². The van der Waals surface area contributed by atoms with Gasteiger partial charge in [-0.3, -0.25) is 14.3 Å². The number of fused-ring (bicyclic) bond motifs is 1. The van der Waals surface area contributed by atoms with Gasteiger partial charge in [-0.05, 0) is 25.1 Å². The van der Waals surface area contributed by atoms with Gasteiger partial charge in [-0.25, -0.2) is 14.4 Å². The first-order chi connectivity index (χ1) is 14.8. The topological polar surface area (TPSA) is 121 Å². The number of halogens is 2. The van der Waals surface area contributed by atoms with Crippen molar-refractivity contribution in [1.82, 2.24) is 25.0 Å². The molecule has 1 atom stereocenters. The number of aromatic nitrogens is 5. The van der Waals surface area contributed by atoms with Crippen molar-refractivity contribution in [2.45, 2.75) is 19.4 Å². The van der Waals surface area contributed by atoms with Crippen molar-refractivity contribution in [2.75, 3.05) is 11.9 Å². The van der Waals surface area contributed by atoms with Crippen LogP contribution in [0.3, 0.4) is 0 Å². The van der Waals surface area contributed by atoms with Gasteiger partial charge in [-0.15, -0.1) is 5.10 Å². The molecule has 0 bridgehead atoms. The number of carbonyl (C=O) groups excluding carboxylic acids is 2. The Morgan fingerprint density at radius 1 is 1.45 bits per heavy atom. The molecule has 1 aliphatic rings. The average Bonchev–Trinajstić information content (AvgIpc) is 3.09. The number of carbonyl (C=O) groups is 2. The molecule has 4 rings (SSSR count). The van der Waals surface area contributed by atoms with Gasteiger partial charge < -0.3 is 14.8 Å². The lowest BCUT2D eigenvalue weighted by atomic mass is 10.1. The first-order valence-electron chi connectivity index (χ1n) is 9.15. The van der Waals surface area contributed by atoms with E-state index in [9.17, 15) is 14.0 Å². The standard InChI is InChI=1S/C19H16ClFN6O4/c1-9(11-5-10(21)7-22-18(11)20)31-16(29)6-14-17(25-26-27(14)2)12-3-4-13-19(24-12)30-8-15(28)23-13/h3-5,7,9H,6,8H2,1-2H3,(H,23,28)/t9-/m1/s1. The molecule has 31 heavy (non-hydrogen) atoms. The first-order valence-corrected chi connectivity index (χ1v) is 9.52. The molecule has 0 aliphatic carbocycles. The molecule has 10 nitrogen and oxygen atoms in total. The highest BCUT2D eigenvalue weighted by Gasteiger charge is 2.24. The van der Waals surface area contributed by atoms with Gasteiger partial charge in [0.15, 0.2) is 6.61 Å². The zero-order chi connectivity index (χ0) is 22.1. The van der Waals surface area contributed by atoms with Gasteiger partial charge in [0.25, 0.3) is 5.91 Å². The minimum atomic E-state index is -0.813. The van der Waals surface area contributed by atoms with Crippen LogP contribution in [0.5, 0.6) is 5.88 Å². The molecule has 4 heterocycles. The summed E-state index contributed by atoms with van der Waals surface area (Å²) in [7, 11) is 1.63. The largest absolute Gasteiger partial charge is 0.466 e. The van der Waals surface area contributed by atoms with Crippen LogP contribution in [0, 0.1) is 5.82 Å². The van der Waals surface area contributed by atoms with Crippen LogP contribution in [0.1, 0.15) is 24.3 Å². The van der Waals surface area contributed by atoms with Gasteiger partial charge in [-0.1, -0.05) is 16.8 Å². The van der Waals surface area contributed by atoms with E-state index in [1.807, 2.05) is 0 Å². The molecule has 0 spiro atoms. The lowest BCUT2D eigenvalue weighted by molar-refractivity contribution is -0.147. The fourth-order valence-corrected chi connectivity index (χ4v) is 3.29. The van der Waals surface area contributed by atoms with E-state index in [0.29, 0.717) is 22.8 Å². The summed E-state index contributed by atoms with van der Waals surface area (Å²) in [5.41, 5.74) is 1.93. The van der Waals surface area contributed by atoms with Crippen molar-refractivity contribution in [3.8, 4) is 17.3 Å². The Kier molecular flexibility index (Phi) is 5.51. The average molecular weight is 447 g/mol. The van der Waals surface area contributed by atoms with E-state index in [-0.39, 0.29) is 35.5 Å². The third-order valence-electron chi connectivity index (χ3n) is 4.55. The minimum absolute atomic E-state index is 0.0509. The van der Waals surface area contributed by atoms with Crippen molar-refractivity contribution < 1.29 is 23.5 Å². The SMILES string of the molecule is C[C@@H](OC(=O)Cc1c(-c2ccc3c(n2)OCC(=O)N3)nnn1C)c1cc(F)cnc1Cl. The Labute approximate surface area is 180 Å². The number of ether oxygens (including phenoxy) is 2. The summed E-state index contributed by atoms with van der Waals surface area (Å²) < 4.78 is 25.6.